The molecule has 0 aromatic heterocycles. The van der Waals surface area contributed by atoms with Gasteiger partial charge < -0.3 is 15.4 Å². The first-order chi connectivity index (χ1) is 10.2. The van der Waals surface area contributed by atoms with E-state index < -0.39 is 0 Å². The highest BCUT2D eigenvalue weighted by Crippen LogP contribution is 2.24. The van der Waals surface area contributed by atoms with Crippen LogP contribution in [0.25, 0.3) is 0 Å². The molecular formula is C15H25ClIN3OS. The molecule has 7 heteroatoms. The van der Waals surface area contributed by atoms with E-state index in [1.165, 1.54) is 0 Å². The summed E-state index contributed by atoms with van der Waals surface area (Å²) in [5.74, 6) is 2.67. The van der Waals surface area contributed by atoms with Crippen molar-refractivity contribution in [1.29, 1.82) is 0 Å². The molecule has 0 aliphatic rings. The maximum Gasteiger partial charge on any atom is 0.191 e. The van der Waals surface area contributed by atoms with E-state index in [1.807, 2.05) is 25.1 Å². The van der Waals surface area contributed by atoms with Crippen molar-refractivity contribution < 1.29 is 4.74 Å². The summed E-state index contributed by atoms with van der Waals surface area (Å²) in [5.41, 5.74) is 1.03. The first kappa shape index (κ1) is 21.7. The van der Waals surface area contributed by atoms with Gasteiger partial charge in [0.15, 0.2) is 5.96 Å². The third kappa shape index (κ3) is 8.33. The van der Waals surface area contributed by atoms with Gasteiger partial charge in [-0.2, -0.15) is 11.8 Å². The second-order valence-electron chi connectivity index (χ2n) is 4.30. The standard InChI is InChI=1S/C15H24ClN3OS.HI/c1-4-17-15(18-8-9-21-3)19-11-12-6-7-13(16)10-14(12)20-5-2;/h6-7,10H,4-5,8-9,11H2,1-3H3,(H2,17,18,19);1H. The summed E-state index contributed by atoms with van der Waals surface area (Å²) < 4.78 is 5.61. The lowest BCUT2D eigenvalue weighted by Gasteiger charge is -2.12. The molecule has 0 saturated carbocycles. The molecule has 4 nitrogen and oxygen atoms in total. The molecule has 1 aromatic carbocycles. The Morgan fingerprint density at radius 2 is 2.09 bits per heavy atom. The third-order valence-electron chi connectivity index (χ3n) is 2.68. The minimum atomic E-state index is 0. The molecule has 1 rings (SSSR count). The third-order valence-corrected chi connectivity index (χ3v) is 3.53. The monoisotopic (exact) mass is 457 g/mol. The number of ether oxygens (including phenoxy) is 1. The van der Waals surface area contributed by atoms with Crippen molar-refractivity contribution in [1.82, 2.24) is 10.6 Å². The normalized spacial score (nSPS) is 10.8. The van der Waals surface area contributed by atoms with Crippen molar-refractivity contribution in [3.8, 4) is 5.75 Å². The number of rotatable bonds is 8. The minimum Gasteiger partial charge on any atom is -0.493 e. The van der Waals surface area contributed by atoms with Crippen molar-refractivity contribution in [2.75, 3.05) is 31.7 Å². The van der Waals surface area contributed by atoms with Crippen LogP contribution >= 0.6 is 47.3 Å². The van der Waals surface area contributed by atoms with E-state index in [2.05, 4.69) is 28.8 Å². The zero-order chi connectivity index (χ0) is 15.5. The molecule has 2 N–H and O–H groups in total. The largest absolute Gasteiger partial charge is 0.493 e. The first-order valence-electron chi connectivity index (χ1n) is 7.13. The van der Waals surface area contributed by atoms with Crippen LogP contribution in [-0.4, -0.2) is 37.7 Å². The van der Waals surface area contributed by atoms with Crippen LogP contribution in [0, 0.1) is 0 Å². The highest BCUT2D eigenvalue weighted by molar-refractivity contribution is 14.0. The summed E-state index contributed by atoms with van der Waals surface area (Å²) in [7, 11) is 0. The minimum absolute atomic E-state index is 0. The van der Waals surface area contributed by atoms with Crippen LogP contribution in [0.2, 0.25) is 5.02 Å². The van der Waals surface area contributed by atoms with Crippen LogP contribution in [0.3, 0.4) is 0 Å². The summed E-state index contributed by atoms with van der Waals surface area (Å²) in [6, 6.07) is 5.66. The molecule has 0 spiro atoms. The molecule has 0 bridgehead atoms. The van der Waals surface area contributed by atoms with Crippen molar-refractivity contribution in [3.05, 3.63) is 28.8 Å². The number of aliphatic imine (C=N–C) groups is 1. The number of guanidine groups is 1. The number of thioether (sulfide) groups is 1. The lowest BCUT2D eigenvalue weighted by molar-refractivity contribution is 0.336. The van der Waals surface area contributed by atoms with Crippen molar-refractivity contribution in [3.63, 3.8) is 0 Å². The average Bonchev–Trinajstić information content (AvgIpc) is 2.47. The SMILES string of the molecule is CCNC(=NCc1ccc(Cl)cc1OCC)NCCSC.I. The fourth-order valence-electron chi connectivity index (χ4n) is 1.73. The molecule has 0 aliphatic carbocycles. The van der Waals surface area contributed by atoms with E-state index in [0.717, 1.165) is 36.1 Å². The van der Waals surface area contributed by atoms with E-state index in [1.54, 1.807) is 11.8 Å². The Hall–Kier alpha value is -0.340. The van der Waals surface area contributed by atoms with Gasteiger partial charge in [-0.05, 0) is 32.2 Å². The Balaban J connectivity index is 0.00000441. The topological polar surface area (TPSA) is 45.7 Å². The molecule has 0 radical (unpaired) electrons. The summed E-state index contributed by atoms with van der Waals surface area (Å²) in [4.78, 5) is 4.59. The molecule has 0 aliphatic heterocycles. The number of hydrogen-bond acceptors (Lipinski definition) is 3. The van der Waals surface area contributed by atoms with Crippen LogP contribution in [0.5, 0.6) is 5.75 Å². The van der Waals surface area contributed by atoms with Gasteiger partial charge >= 0.3 is 0 Å². The summed E-state index contributed by atoms with van der Waals surface area (Å²) in [6.07, 6.45) is 2.09. The molecule has 0 amide bonds. The molecule has 1 aromatic rings. The van der Waals surface area contributed by atoms with Crippen molar-refractivity contribution in [2.24, 2.45) is 4.99 Å². The molecule has 126 valence electrons. The maximum atomic E-state index is 6.01. The van der Waals surface area contributed by atoms with E-state index in [9.17, 15) is 0 Å². The first-order valence-corrected chi connectivity index (χ1v) is 8.90. The molecule has 22 heavy (non-hydrogen) atoms. The van der Waals surface area contributed by atoms with Gasteiger partial charge in [-0.3, -0.25) is 0 Å². The number of nitrogens with zero attached hydrogens (tertiary/aromatic N) is 1. The Morgan fingerprint density at radius 3 is 2.73 bits per heavy atom. The van der Waals surface area contributed by atoms with Crippen LogP contribution in [0.15, 0.2) is 23.2 Å². The summed E-state index contributed by atoms with van der Waals surface area (Å²) in [5, 5.41) is 7.22. The zero-order valence-electron chi connectivity index (χ0n) is 13.3. The highest BCUT2D eigenvalue weighted by Gasteiger charge is 2.05. The zero-order valence-corrected chi connectivity index (χ0v) is 17.2. The summed E-state index contributed by atoms with van der Waals surface area (Å²) in [6.45, 7) is 6.92. The second-order valence-corrected chi connectivity index (χ2v) is 5.72. The van der Waals surface area contributed by atoms with Crippen LogP contribution in [0.1, 0.15) is 19.4 Å². The van der Waals surface area contributed by atoms with Crippen molar-refractivity contribution >= 4 is 53.3 Å². The van der Waals surface area contributed by atoms with Gasteiger partial charge in [0.05, 0.1) is 13.2 Å². The van der Waals surface area contributed by atoms with E-state index in [4.69, 9.17) is 16.3 Å². The molecule has 0 fully saturated rings. The molecule has 0 saturated heterocycles. The molecular weight excluding hydrogens is 433 g/mol. The molecule has 0 unspecified atom stereocenters. The number of halogens is 2. The predicted octanol–water partition coefficient (Wildman–Crippen LogP) is 3.77. The quantitative estimate of drug-likeness (QED) is 0.270. The Morgan fingerprint density at radius 1 is 1.32 bits per heavy atom. The predicted molar refractivity (Wildman–Crippen MR) is 109 cm³/mol. The lowest BCUT2D eigenvalue weighted by atomic mass is 10.2. The van der Waals surface area contributed by atoms with Gasteiger partial charge in [0.2, 0.25) is 0 Å². The smallest absolute Gasteiger partial charge is 0.191 e. The Kier molecular flexibility index (Phi) is 12.9. The lowest BCUT2D eigenvalue weighted by Crippen LogP contribution is -2.38. The van der Waals surface area contributed by atoms with E-state index in [-0.39, 0.29) is 24.0 Å². The van der Waals surface area contributed by atoms with Crippen LogP contribution in [-0.2, 0) is 6.54 Å². The fraction of sp³-hybridized carbons (Fsp3) is 0.533. The van der Waals surface area contributed by atoms with Gasteiger partial charge in [-0.1, -0.05) is 17.7 Å². The van der Waals surface area contributed by atoms with Gasteiger partial charge in [0.1, 0.15) is 5.75 Å². The number of nitrogens with one attached hydrogen (secondary N) is 2. The van der Waals surface area contributed by atoms with Gasteiger partial charge in [0, 0.05) is 29.4 Å². The van der Waals surface area contributed by atoms with Gasteiger partial charge in [-0.25, -0.2) is 4.99 Å². The Labute approximate surface area is 159 Å². The van der Waals surface area contributed by atoms with Crippen LogP contribution < -0.4 is 15.4 Å². The Bertz CT molecular complexity index is 460. The van der Waals surface area contributed by atoms with Crippen LogP contribution in [0.4, 0.5) is 0 Å². The average molecular weight is 458 g/mol. The molecule has 0 heterocycles. The van der Waals surface area contributed by atoms with Gasteiger partial charge in [-0.15, -0.1) is 24.0 Å². The van der Waals surface area contributed by atoms with Crippen molar-refractivity contribution in [2.45, 2.75) is 20.4 Å². The number of benzene rings is 1. The second kappa shape index (κ2) is 13.1. The number of hydrogen-bond donors (Lipinski definition) is 2. The maximum absolute atomic E-state index is 6.01. The van der Waals surface area contributed by atoms with E-state index >= 15 is 0 Å². The fourth-order valence-corrected chi connectivity index (χ4v) is 2.19. The van der Waals surface area contributed by atoms with Gasteiger partial charge in [0.25, 0.3) is 0 Å². The van der Waals surface area contributed by atoms with E-state index in [0.29, 0.717) is 18.2 Å². The molecule has 0 atom stereocenters. The highest BCUT2D eigenvalue weighted by atomic mass is 127. The summed E-state index contributed by atoms with van der Waals surface area (Å²) >= 11 is 7.81.